The average molecular weight is 478 g/mol. The van der Waals surface area contributed by atoms with E-state index in [4.69, 9.17) is 0 Å². The quantitative estimate of drug-likeness (QED) is 0.259. The van der Waals surface area contributed by atoms with Crippen LogP contribution in [-0.2, 0) is 18.3 Å². The summed E-state index contributed by atoms with van der Waals surface area (Å²) in [6.45, 7) is 10.2. The Kier molecular flexibility index (Phi) is 11.5. The summed E-state index contributed by atoms with van der Waals surface area (Å²) in [5.41, 5.74) is 3.64. The fourth-order valence-electron chi connectivity index (χ4n) is 2.41. The lowest BCUT2D eigenvalue weighted by Crippen LogP contribution is -2.40. The van der Waals surface area contributed by atoms with Crippen molar-refractivity contribution in [3.8, 4) is 0 Å². The van der Waals surface area contributed by atoms with Gasteiger partial charge in [0.2, 0.25) is 5.91 Å². The highest BCUT2D eigenvalue weighted by Crippen LogP contribution is 2.13. The molecule has 0 bridgehead atoms. The third kappa shape index (κ3) is 8.37. The number of aryl methyl sites for hydroxylation is 2. The number of aromatic nitrogens is 2. The maximum absolute atomic E-state index is 11.7. The number of rotatable bonds is 8. The lowest BCUT2D eigenvalue weighted by Gasteiger charge is -2.15. The highest BCUT2D eigenvalue weighted by molar-refractivity contribution is 14.0. The Morgan fingerprint density at radius 1 is 1.27 bits per heavy atom. The van der Waals surface area contributed by atoms with Crippen LogP contribution in [0.3, 0.4) is 0 Å². The van der Waals surface area contributed by atoms with Gasteiger partial charge in [-0.15, -0.1) is 24.0 Å². The third-order valence-electron chi connectivity index (χ3n) is 4.10. The van der Waals surface area contributed by atoms with Gasteiger partial charge in [-0.05, 0) is 38.2 Å². The number of halogens is 1. The van der Waals surface area contributed by atoms with Crippen molar-refractivity contribution in [2.45, 2.75) is 40.5 Å². The summed E-state index contributed by atoms with van der Waals surface area (Å²) in [6.07, 6.45) is 1.96. The molecule has 0 aromatic carbocycles. The average Bonchev–Trinajstić information content (AvgIpc) is 2.78. The molecule has 0 aliphatic carbocycles. The number of aliphatic imine (C=N–C) groups is 1. The molecule has 1 aromatic heterocycles. The van der Waals surface area contributed by atoms with Crippen LogP contribution >= 0.6 is 24.0 Å². The van der Waals surface area contributed by atoms with Gasteiger partial charge in [0.15, 0.2) is 5.96 Å². The maximum Gasteiger partial charge on any atom is 0.243 e. The first-order valence-electron chi connectivity index (χ1n) is 8.93. The molecule has 1 amide bonds. The monoisotopic (exact) mass is 478 g/mol. The fraction of sp³-hybridized carbons (Fsp3) is 0.722. The molecular formula is C18H35IN6O. The van der Waals surface area contributed by atoms with Gasteiger partial charge in [-0.1, -0.05) is 13.8 Å². The van der Waals surface area contributed by atoms with Crippen LogP contribution in [0.4, 0.5) is 0 Å². The summed E-state index contributed by atoms with van der Waals surface area (Å²) >= 11 is 0. The van der Waals surface area contributed by atoms with Crippen molar-refractivity contribution >= 4 is 35.8 Å². The van der Waals surface area contributed by atoms with Gasteiger partial charge in [0.05, 0.1) is 5.69 Å². The minimum absolute atomic E-state index is 0. The summed E-state index contributed by atoms with van der Waals surface area (Å²) in [5.74, 6) is 1.20. The molecule has 7 nitrogen and oxygen atoms in total. The second-order valence-electron chi connectivity index (χ2n) is 7.03. The Bertz CT molecular complexity index is 595. The predicted molar refractivity (Wildman–Crippen MR) is 118 cm³/mol. The van der Waals surface area contributed by atoms with Gasteiger partial charge in [-0.3, -0.25) is 9.48 Å². The van der Waals surface area contributed by atoms with Gasteiger partial charge >= 0.3 is 0 Å². The van der Waals surface area contributed by atoms with E-state index in [1.807, 2.05) is 11.7 Å². The van der Waals surface area contributed by atoms with E-state index in [9.17, 15) is 4.79 Å². The molecule has 0 unspecified atom stereocenters. The predicted octanol–water partition coefficient (Wildman–Crippen LogP) is 1.87. The Labute approximate surface area is 175 Å². The van der Waals surface area contributed by atoms with E-state index in [2.05, 4.69) is 48.4 Å². The molecule has 1 heterocycles. The van der Waals surface area contributed by atoms with Crippen LogP contribution in [0.1, 0.15) is 37.2 Å². The molecule has 1 rings (SSSR count). The fourth-order valence-corrected chi connectivity index (χ4v) is 2.41. The first kappa shape index (κ1) is 24.7. The van der Waals surface area contributed by atoms with E-state index in [1.165, 1.54) is 11.3 Å². The maximum atomic E-state index is 11.7. The minimum Gasteiger partial charge on any atom is -0.356 e. The molecule has 150 valence electrons. The van der Waals surface area contributed by atoms with Gasteiger partial charge in [0.1, 0.15) is 6.54 Å². The highest BCUT2D eigenvalue weighted by Gasteiger charge is 2.09. The molecule has 0 atom stereocenters. The zero-order chi connectivity index (χ0) is 19.0. The first-order valence-corrected chi connectivity index (χ1v) is 8.93. The molecule has 0 aliphatic heterocycles. The van der Waals surface area contributed by atoms with E-state index < -0.39 is 0 Å². The van der Waals surface area contributed by atoms with E-state index in [-0.39, 0.29) is 36.4 Å². The zero-order valence-electron chi connectivity index (χ0n) is 17.2. The number of hydrogen-bond acceptors (Lipinski definition) is 3. The van der Waals surface area contributed by atoms with Crippen molar-refractivity contribution in [3.63, 3.8) is 0 Å². The van der Waals surface area contributed by atoms with E-state index in [0.717, 1.165) is 31.6 Å². The molecule has 0 spiro atoms. The second kappa shape index (κ2) is 12.1. The van der Waals surface area contributed by atoms with E-state index in [0.29, 0.717) is 11.9 Å². The van der Waals surface area contributed by atoms with Gasteiger partial charge in [0, 0.05) is 39.9 Å². The molecule has 2 N–H and O–H groups in total. The van der Waals surface area contributed by atoms with Crippen LogP contribution in [-0.4, -0.2) is 60.3 Å². The largest absolute Gasteiger partial charge is 0.356 e. The van der Waals surface area contributed by atoms with Crippen LogP contribution in [0.15, 0.2) is 4.99 Å². The van der Waals surface area contributed by atoms with Crippen molar-refractivity contribution in [2.24, 2.45) is 18.0 Å². The minimum atomic E-state index is -0.00717. The number of guanidine groups is 1. The van der Waals surface area contributed by atoms with Crippen molar-refractivity contribution < 1.29 is 4.79 Å². The van der Waals surface area contributed by atoms with Gasteiger partial charge < -0.3 is 15.5 Å². The van der Waals surface area contributed by atoms with Crippen molar-refractivity contribution in [1.82, 2.24) is 25.3 Å². The van der Waals surface area contributed by atoms with Crippen molar-refractivity contribution in [2.75, 3.05) is 33.7 Å². The smallest absolute Gasteiger partial charge is 0.243 e. The van der Waals surface area contributed by atoms with E-state index >= 15 is 0 Å². The van der Waals surface area contributed by atoms with Crippen molar-refractivity contribution in [1.29, 1.82) is 0 Å². The number of likely N-dealkylation sites (N-methyl/N-ethyl adjacent to an activating group) is 1. The summed E-state index contributed by atoms with van der Waals surface area (Å²) < 4.78 is 1.93. The number of carbonyl (C=O) groups excluding carboxylic acids is 1. The molecule has 8 heteroatoms. The third-order valence-corrected chi connectivity index (χ3v) is 4.10. The molecule has 0 saturated heterocycles. The van der Waals surface area contributed by atoms with Crippen molar-refractivity contribution in [3.05, 3.63) is 17.0 Å². The molecule has 1 aromatic rings. The number of hydrogen-bond donors (Lipinski definition) is 2. The molecule has 0 radical (unpaired) electrons. The Balaban J connectivity index is 0.00000625. The van der Waals surface area contributed by atoms with Crippen LogP contribution in [0.2, 0.25) is 0 Å². The zero-order valence-corrected chi connectivity index (χ0v) is 19.5. The van der Waals surface area contributed by atoms with Gasteiger partial charge in [-0.25, -0.2) is 4.99 Å². The number of carbonyl (C=O) groups is 1. The summed E-state index contributed by atoms with van der Waals surface area (Å²) in [4.78, 5) is 17.7. The summed E-state index contributed by atoms with van der Waals surface area (Å²) in [5, 5.41) is 11.1. The normalized spacial score (nSPS) is 11.3. The van der Waals surface area contributed by atoms with Gasteiger partial charge in [0.25, 0.3) is 0 Å². The topological polar surface area (TPSA) is 74.5 Å². The van der Waals surface area contributed by atoms with Crippen LogP contribution < -0.4 is 10.6 Å². The van der Waals surface area contributed by atoms with Gasteiger partial charge in [-0.2, -0.15) is 5.10 Å². The molecule has 0 fully saturated rings. The first-order chi connectivity index (χ1) is 11.7. The SMILES string of the molecule is Cc1nn(C)c(C)c1CCCNC(=NCC(=O)N(C)C)NCC(C)C.I. The molecular weight excluding hydrogens is 443 g/mol. The summed E-state index contributed by atoms with van der Waals surface area (Å²) in [6, 6.07) is 0. The molecule has 0 aliphatic rings. The van der Waals surface area contributed by atoms with E-state index in [1.54, 1.807) is 19.0 Å². The Hall–Kier alpha value is -1.32. The molecule has 0 saturated carbocycles. The molecule has 26 heavy (non-hydrogen) atoms. The Morgan fingerprint density at radius 3 is 2.42 bits per heavy atom. The van der Waals surface area contributed by atoms with Crippen LogP contribution in [0.25, 0.3) is 0 Å². The lowest BCUT2D eigenvalue weighted by molar-refractivity contribution is -0.127. The number of nitrogens with zero attached hydrogens (tertiary/aromatic N) is 4. The standard InChI is InChI=1S/C18H34N6O.HI/c1-13(2)11-20-18(21-12-17(25)23(5)6)19-10-8-9-16-14(3)22-24(7)15(16)4;/h13H,8-12H2,1-7H3,(H2,19,20,21);1H. The summed E-state index contributed by atoms with van der Waals surface area (Å²) in [7, 11) is 5.46. The number of amides is 1. The van der Waals surface area contributed by atoms with Crippen LogP contribution in [0.5, 0.6) is 0 Å². The lowest BCUT2D eigenvalue weighted by atomic mass is 10.1. The highest BCUT2D eigenvalue weighted by atomic mass is 127. The second-order valence-corrected chi connectivity index (χ2v) is 7.03. The van der Waals surface area contributed by atoms with Crippen LogP contribution in [0, 0.1) is 19.8 Å². The number of nitrogens with one attached hydrogen (secondary N) is 2. The Morgan fingerprint density at radius 2 is 1.92 bits per heavy atom.